The molecule has 6 nitrogen and oxygen atoms in total. The van der Waals surface area contributed by atoms with E-state index in [4.69, 9.17) is 14.6 Å². The zero-order chi connectivity index (χ0) is 16.9. The molecule has 3 rings (SSSR count). The molecule has 6 heteroatoms. The van der Waals surface area contributed by atoms with E-state index in [2.05, 4.69) is 0 Å². The van der Waals surface area contributed by atoms with Crippen LogP contribution in [0.2, 0.25) is 0 Å². The van der Waals surface area contributed by atoms with Crippen molar-refractivity contribution in [2.45, 2.75) is 37.6 Å². The highest BCUT2D eigenvalue weighted by Gasteiger charge is 2.34. The highest BCUT2D eigenvalue weighted by atomic mass is 16.5. The third-order valence-corrected chi connectivity index (χ3v) is 4.74. The number of para-hydroxylation sites is 1. The van der Waals surface area contributed by atoms with Crippen LogP contribution < -0.4 is 4.74 Å². The molecule has 1 aromatic carbocycles. The first-order valence-electron chi connectivity index (χ1n) is 8.48. The van der Waals surface area contributed by atoms with E-state index in [1.165, 1.54) is 0 Å². The number of nitrogens with zero attached hydrogens (tertiary/aromatic N) is 1. The summed E-state index contributed by atoms with van der Waals surface area (Å²) in [6.07, 6.45) is 2.11. The van der Waals surface area contributed by atoms with Gasteiger partial charge in [0, 0.05) is 31.4 Å². The summed E-state index contributed by atoms with van der Waals surface area (Å²) in [5.74, 6) is -0.370. The minimum Gasteiger partial charge on any atom is -0.493 e. The Morgan fingerprint density at radius 2 is 1.88 bits per heavy atom. The topological polar surface area (TPSA) is 76.1 Å². The Kier molecular flexibility index (Phi) is 5.35. The Morgan fingerprint density at radius 1 is 1.12 bits per heavy atom. The van der Waals surface area contributed by atoms with Crippen molar-refractivity contribution < 1.29 is 24.2 Å². The number of carbonyl (C=O) groups is 2. The predicted octanol–water partition coefficient (Wildman–Crippen LogP) is 2.04. The van der Waals surface area contributed by atoms with Crippen molar-refractivity contribution in [1.82, 2.24) is 4.90 Å². The van der Waals surface area contributed by atoms with Crippen LogP contribution >= 0.6 is 0 Å². The van der Waals surface area contributed by atoms with E-state index in [1.807, 2.05) is 24.3 Å². The lowest BCUT2D eigenvalue weighted by atomic mass is 9.90. The molecule has 0 saturated carbocycles. The fourth-order valence-corrected chi connectivity index (χ4v) is 3.48. The van der Waals surface area contributed by atoms with Crippen LogP contribution in [0.5, 0.6) is 5.75 Å². The van der Waals surface area contributed by atoms with Gasteiger partial charge in [-0.1, -0.05) is 18.2 Å². The number of fused-ring (bicyclic) bond motifs is 1. The van der Waals surface area contributed by atoms with Gasteiger partial charge in [0.2, 0.25) is 5.91 Å². The molecule has 2 aliphatic rings. The SMILES string of the molecule is O=C(O)CCN(C(=O)[C@@H]1CCOc2ccccc21)C1CCOCC1. The van der Waals surface area contributed by atoms with Crippen LogP contribution in [0, 0.1) is 0 Å². The Labute approximate surface area is 141 Å². The predicted molar refractivity (Wildman–Crippen MR) is 87.1 cm³/mol. The highest BCUT2D eigenvalue weighted by molar-refractivity contribution is 5.85. The van der Waals surface area contributed by atoms with Crippen LogP contribution in [-0.4, -0.2) is 54.3 Å². The van der Waals surface area contributed by atoms with E-state index in [-0.39, 0.29) is 30.8 Å². The molecule has 1 N–H and O–H groups in total. The van der Waals surface area contributed by atoms with Gasteiger partial charge in [0.25, 0.3) is 0 Å². The van der Waals surface area contributed by atoms with Gasteiger partial charge in [-0.3, -0.25) is 9.59 Å². The number of ether oxygens (including phenoxy) is 2. The van der Waals surface area contributed by atoms with Crippen molar-refractivity contribution in [3.8, 4) is 5.75 Å². The molecule has 0 bridgehead atoms. The van der Waals surface area contributed by atoms with Gasteiger partial charge in [0.15, 0.2) is 0 Å². The van der Waals surface area contributed by atoms with Gasteiger partial charge in [0.05, 0.1) is 18.9 Å². The molecule has 2 aliphatic heterocycles. The second kappa shape index (κ2) is 7.66. The van der Waals surface area contributed by atoms with Crippen LogP contribution in [-0.2, 0) is 14.3 Å². The van der Waals surface area contributed by atoms with Gasteiger partial charge in [0.1, 0.15) is 5.75 Å². The van der Waals surface area contributed by atoms with Gasteiger partial charge in [-0.2, -0.15) is 0 Å². The van der Waals surface area contributed by atoms with Crippen LogP contribution in [0.3, 0.4) is 0 Å². The maximum Gasteiger partial charge on any atom is 0.305 e. The van der Waals surface area contributed by atoms with E-state index in [9.17, 15) is 9.59 Å². The van der Waals surface area contributed by atoms with E-state index >= 15 is 0 Å². The summed E-state index contributed by atoms with van der Waals surface area (Å²) in [4.78, 5) is 26.0. The normalized spacial score (nSPS) is 20.8. The third-order valence-electron chi connectivity index (χ3n) is 4.74. The van der Waals surface area contributed by atoms with Crippen molar-refractivity contribution in [3.05, 3.63) is 29.8 Å². The lowest BCUT2D eigenvalue weighted by Gasteiger charge is -2.37. The van der Waals surface area contributed by atoms with Gasteiger partial charge >= 0.3 is 5.97 Å². The number of hydrogen-bond donors (Lipinski definition) is 1. The van der Waals surface area contributed by atoms with Crippen molar-refractivity contribution in [2.24, 2.45) is 0 Å². The number of carboxylic acids is 1. The standard InChI is InChI=1S/C18H23NO5/c20-17(21)5-9-19(13-6-10-23-11-7-13)18(22)15-8-12-24-16-4-2-1-3-14(15)16/h1-4,13,15H,5-12H2,(H,20,21)/t15-/m1/s1. The maximum absolute atomic E-state index is 13.2. The average molecular weight is 333 g/mol. The number of carboxylic acid groups (broad SMARTS) is 1. The number of amides is 1. The molecule has 0 spiro atoms. The molecular formula is C18H23NO5. The second-order valence-corrected chi connectivity index (χ2v) is 6.25. The summed E-state index contributed by atoms with van der Waals surface area (Å²) in [7, 11) is 0. The quantitative estimate of drug-likeness (QED) is 0.892. The fraction of sp³-hybridized carbons (Fsp3) is 0.556. The summed E-state index contributed by atoms with van der Waals surface area (Å²) in [5, 5.41) is 9.03. The molecule has 1 saturated heterocycles. The lowest BCUT2D eigenvalue weighted by Crippen LogP contribution is -2.47. The van der Waals surface area contributed by atoms with E-state index in [0.29, 0.717) is 26.2 Å². The first-order chi connectivity index (χ1) is 11.7. The molecule has 0 unspecified atom stereocenters. The Hall–Kier alpha value is -2.08. The van der Waals surface area contributed by atoms with Gasteiger partial charge in [-0.15, -0.1) is 0 Å². The molecule has 0 radical (unpaired) electrons. The summed E-state index contributed by atoms with van der Waals surface area (Å²) in [6.45, 7) is 1.99. The number of aliphatic carboxylic acids is 1. The van der Waals surface area contributed by atoms with Gasteiger partial charge in [-0.05, 0) is 25.3 Å². The van der Waals surface area contributed by atoms with Gasteiger partial charge < -0.3 is 19.5 Å². The Bertz CT molecular complexity index is 597. The molecule has 130 valence electrons. The van der Waals surface area contributed by atoms with E-state index in [1.54, 1.807) is 4.90 Å². The van der Waals surface area contributed by atoms with Crippen molar-refractivity contribution in [3.63, 3.8) is 0 Å². The van der Waals surface area contributed by atoms with Crippen LogP contribution in [0.4, 0.5) is 0 Å². The summed E-state index contributed by atoms with van der Waals surface area (Å²) >= 11 is 0. The second-order valence-electron chi connectivity index (χ2n) is 6.25. The van der Waals surface area contributed by atoms with Gasteiger partial charge in [-0.25, -0.2) is 0 Å². The van der Waals surface area contributed by atoms with E-state index in [0.717, 1.165) is 24.2 Å². The number of carbonyl (C=O) groups excluding carboxylic acids is 1. The number of benzene rings is 1. The highest BCUT2D eigenvalue weighted by Crippen LogP contribution is 2.35. The molecular weight excluding hydrogens is 310 g/mol. The molecule has 1 fully saturated rings. The summed E-state index contributed by atoms with van der Waals surface area (Å²) in [5.41, 5.74) is 0.904. The minimum absolute atomic E-state index is 0.0129. The van der Waals surface area contributed by atoms with Crippen LogP contribution in [0.1, 0.15) is 37.2 Å². The van der Waals surface area contributed by atoms with Crippen LogP contribution in [0.15, 0.2) is 24.3 Å². The molecule has 0 aliphatic carbocycles. The smallest absolute Gasteiger partial charge is 0.305 e. The fourth-order valence-electron chi connectivity index (χ4n) is 3.48. The van der Waals surface area contributed by atoms with Crippen molar-refractivity contribution in [2.75, 3.05) is 26.4 Å². The number of hydrogen-bond acceptors (Lipinski definition) is 4. The van der Waals surface area contributed by atoms with Crippen LogP contribution in [0.25, 0.3) is 0 Å². The average Bonchev–Trinajstić information content (AvgIpc) is 2.62. The molecule has 0 aromatic heterocycles. The molecule has 2 heterocycles. The third kappa shape index (κ3) is 3.70. The lowest BCUT2D eigenvalue weighted by molar-refractivity contribution is -0.141. The zero-order valence-corrected chi connectivity index (χ0v) is 13.6. The molecule has 1 atom stereocenters. The summed E-state index contributed by atoms with van der Waals surface area (Å²) in [6, 6.07) is 7.66. The van der Waals surface area contributed by atoms with Crippen molar-refractivity contribution in [1.29, 1.82) is 0 Å². The minimum atomic E-state index is -0.882. The van der Waals surface area contributed by atoms with E-state index < -0.39 is 5.97 Å². The van der Waals surface area contributed by atoms with Crippen molar-refractivity contribution >= 4 is 11.9 Å². The molecule has 1 aromatic rings. The Balaban J connectivity index is 1.81. The largest absolute Gasteiger partial charge is 0.493 e. The monoisotopic (exact) mass is 333 g/mol. The first-order valence-corrected chi connectivity index (χ1v) is 8.48. The molecule has 1 amide bonds. The number of rotatable bonds is 5. The maximum atomic E-state index is 13.2. The zero-order valence-electron chi connectivity index (χ0n) is 13.6. The first kappa shape index (κ1) is 16.8. The summed E-state index contributed by atoms with van der Waals surface area (Å²) < 4.78 is 11.0. The Morgan fingerprint density at radius 3 is 2.62 bits per heavy atom. The molecule has 24 heavy (non-hydrogen) atoms.